The van der Waals surface area contributed by atoms with Gasteiger partial charge in [-0.2, -0.15) is 0 Å². The number of thioether (sulfide) groups is 1. The molecule has 3 aromatic carbocycles. The van der Waals surface area contributed by atoms with Crippen LogP contribution < -0.4 is 4.74 Å². The number of benzene rings is 3. The van der Waals surface area contributed by atoms with Crippen molar-refractivity contribution in [3.8, 4) is 5.75 Å². The molecular weight excluding hydrogens is 344 g/mol. The van der Waals surface area contributed by atoms with E-state index in [0.29, 0.717) is 21.8 Å². The highest BCUT2D eigenvalue weighted by Gasteiger charge is 2.34. The van der Waals surface area contributed by atoms with Gasteiger partial charge < -0.3 is 4.74 Å². The number of carbonyl (C=O) groups is 2. The van der Waals surface area contributed by atoms with Crippen molar-refractivity contribution >= 4 is 23.3 Å². The van der Waals surface area contributed by atoms with Gasteiger partial charge in [0.25, 0.3) is 0 Å². The number of hydrogen-bond acceptors (Lipinski definition) is 4. The summed E-state index contributed by atoms with van der Waals surface area (Å²) in [6.45, 7) is 0. The van der Waals surface area contributed by atoms with E-state index in [9.17, 15) is 9.59 Å². The molecule has 0 bridgehead atoms. The number of allylic oxidation sites excluding steroid dienone is 2. The number of para-hydroxylation sites is 1. The third kappa shape index (κ3) is 3.07. The Morgan fingerprint density at radius 2 is 1.15 bits per heavy atom. The first-order chi connectivity index (χ1) is 12.7. The Labute approximate surface area is 155 Å². The lowest BCUT2D eigenvalue weighted by atomic mass is 9.93. The SMILES string of the molecule is O=C1C(Oc2ccccc2)=C(Sc2ccccc2)C(=O)c2ccccc21. The summed E-state index contributed by atoms with van der Waals surface area (Å²) >= 11 is 1.25. The molecule has 0 amide bonds. The van der Waals surface area contributed by atoms with Crippen LogP contribution in [0.3, 0.4) is 0 Å². The molecule has 0 fully saturated rings. The van der Waals surface area contributed by atoms with E-state index in [2.05, 4.69) is 0 Å². The highest BCUT2D eigenvalue weighted by atomic mass is 32.2. The molecule has 0 aromatic heterocycles. The van der Waals surface area contributed by atoms with Crippen LogP contribution in [0.5, 0.6) is 5.75 Å². The van der Waals surface area contributed by atoms with Crippen LogP contribution in [0.1, 0.15) is 20.7 Å². The molecule has 1 aliphatic rings. The van der Waals surface area contributed by atoms with Crippen molar-refractivity contribution in [1.82, 2.24) is 0 Å². The standard InChI is InChI=1S/C22H14O3S/c23-19-17-13-7-8-14-18(17)20(24)22(26-16-11-5-2-6-12-16)21(19)25-15-9-3-1-4-10-15/h1-14H. The fraction of sp³-hybridized carbons (Fsp3) is 0. The molecule has 0 atom stereocenters. The second-order valence-electron chi connectivity index (χ2n) is 5.69. The van der Waals surface area contributed by atoms with Gasteiger partial charge in [-0.1, -0.05) is 72.4 Å². The van der Waals surface area contributed by atoms with E-state index < -0.39 is 0 Å². The smallest absolute Gasteiger partial charge is 0.230 e. The lowest BCUT2D eigenvalue weighted by Crippen LogP contribution is -2.23. The zero-order chi connectivity index (χ0) is 17.9. The molecule has 0 radical (unpaired) electrons. The number of fused-ring (bicyclic) bond motifs is 1. The Balaban J connectivity index is 1.82. The van der Waals surface area contributed by atoms with Gasteiger partial charge in [0.15, 0.2) is 5.76 Å². The van der Waals surface area contributed by atoms with E-state index >= 15 is 0 Å². The zero-order valence-corrected chi connectivity index (χ0v) is 14.5. The first-order valence-electron chi connectivity index (χ1n) is 8.12. The molecule has 3 aromatic rings. The summed E-state index contributed by atoms with van der Waals surface area (Å²) in [6, 6.07) is 25.4. The summed E-state index contributed by atoms with van der Waals surface area (Å²) < 4.78 is 5.87. The van der Waals surface area contributed by atoms with Crippen LogP contribution in [0.4, 0.5) is 0 Å². The summed E-state index contributed by atoms with van der Waals surface area (Å²) in [5.74, 6) is 0.130. The normalized spacial score (nSPS) is 13.5. The maximum Gasteiger partial charge on any atom is 0.230 e. The van der Waals surface area contributed by atoms with Crippen LogP contribution in [0, 0.1) is 0 Å². The summed E-state index contributed by atoms with van der Waals surface area (Å²) in [5, 5.41) is 0. The van der Waals surface area contributed by atoms with Gasteiger partial charge in [0, 0.05) is 16.0 Å². The average molecular weight is 358 g/mol. The van der Waals surface area contributed by atoms with Crippen molar-refractivity contribution < 1.29 is 14.3 Å². The lowest BCUT2D eigenvalue weighted by molar-refractivity contribution is 0.0944. The van der Waals surface area contributed by atoms with Gasteiger partial charge in [-0.15, -0.1) is 0 Å². The third-order valence-electron chi connectivity index (χ3n) is 3.96. The third-order valence-corrected chi connectivity index (χ3v) is 5.04. The predicted molar refractivity (Wildman–Crippen MR) is 101 cm³/mol. The van der Waals surface area contributed by atoms with Crippen molar-refractivity contribution in [1.29, 1.82) is 0 Å². The van der Waals surface area contributed by atoms with Crippen LogP contribution >= 0.6 is 11.8 Å². The van der Waals surface area contributed by atoms with Crippen molar-refractivity contribution in [2.75, 3.05) is 0 Å². The molecule has 1 aliphatic carbocycles. The summed E-state index contributed by atoms with van der Waals surface area (Å²) in [7, 11) is 0. The van der Waals surface area contributed by atoms with E-state index in [1.807, 2.05) is 48.5 Å². The summed E-state index contributed by atoms with van der Waals surface area (Å²) in [6.07, 6.45) is 0. The molecule has 4 rings (SSSR count). The van der Waals surface area contributed by atoms with Crippen LogP contribution in [-0.4, -0.2) is 11.6 Å². The summed E-state index contributed by atoms with van der Waals surface area (Å²) in [4.78, 5) is 27.3. The van der Waals surface area contributed by atoms with E-state index in [1.165, 1.54) is 11.8 Å². The highest BCUT2D eigenvalue weighted by Crippen LogP contribution is 2.37. The minimum atomic E-state index is -0.275. The molecule has 0 spiro atoms. The number of ketones is 2. The number of carbonyl (C=O) groups excluding carboxylic acids is 2. The van der Waals surface area contributed by atoms with Crippen molar-refractivity contribution in [2.45, 2.75) is 4.90 Å². The second kappa shape index (κ2) is 7.02. The van der Waals surface area contributed by atoms with E-state index in [4.69, 9.17) is 4.74 Å². The molecule has 0 aliphatic heterocycles. The first-order valence-corrected chi connectivity index (χ1v) is 8.94. The van der Waals surface area contributed by atoms with Crippen molar-refractivity contribution in [3.63, 3.8) is 0 Å². The van der Waals surface area contributed by atoms with Crippen LogP contribution in [0.25, 0.3) is 0 Å². The van der Waals surface area contributed by atoms with E-state index in [0.717, 1.165) is 4.90 Å². The van der Waals surface area contributed by atoms with Crippen molar-refractivity contribution in [2.24, 2.45) is 0 Å². The maximum atomic E-state index is 13.1. The number of Topliss-reactive ketones (excluding diaryl/α,β-unsaturated/α-hetero) is 2. The molecule has 0 unspecified atom stereocenters. The molecular formula is C22H14O3S. The Kier molecular flexibility index (Phi) is 4.42. The predicted octanol–water partition coefficient (Wildman–Crippen LogP) is 5.15. The number of ether oxygens (including phenoxy) is 1. The molecule has 0 saturated heterocycles. The maximum absolute atomic E-state index is 13.1. The Bertz CT molecular complexity index is 925. The van der Waals surface area contributed by atoms with Crippen LogP contribution in [-0.2, 0) is 0 Å². The second-order valence-corrected chi connectivity index (χ2v) is 6.78. The van der Waals surface area contributed by atoms with Gasteiger partial charge in [-0.25, -0.2) is 0 Å². The molecule has 3 nitrogen and oxygen atoms in total. The molecule has 0 saturated carbocycles. The molecule has 0 heterocycles. The lowest BCUT2D eigenvalue weighted by Gasteiger charge is -2.20. The first kappa shape index (κ1) is 16.4. The topological polar surface area (TPSA) is 43.4 Å². The minimum absolute atomic E-state index is 0.0775. The molecule has 126 valence electrons. The molecule has 4 heteroatoms. The van der Waals surface area contributed by atoms with Gasteiger partial charge in [-0.05, 0) is 24.3 Å². The molecule has 0 N–H and O–H groups in total. The number of hydrogen-bond donors (Lipinski definition) is 0. The monoisotopic (exact) mass is 358 g/mol. The fourth-order valence-electron chi connectivity index (χ4n) is 2.73. The largest absolute Gasteiger partial charge is 0.452 e. The number of rotatable bonds is 4. The van der Waals surface area contributed by atoms with Crippen LogP contribution in [0.15, 0.2) is 100 Å². The quantitative estimate of drug-likeness (QED) is 0.647. The molecule has 26 heavy (non-hydrogen) atoms. The summed E-state index contributed by atoms with van der Waals surface area (Å²) in [5.41, 5.74) is 0.789. The zero-order valence-electron chi connectivity index (χ0n) is 13.7. The Hall–Kier alpha value is -3.11. The van der Waals surface area contributed by atoms with Gasteiger partial charge in [-0.3, -0.25) is 9.59 Å². The van der Waals surface area contributed by atoms with Gasteiger partial charge in [0.1, 0.15) is 10.7 Å². The minimum Gasteiger partial charge on any atom is -0.452 e. The van der Waals surface area contributed by atoms with Gasteiger partial charge in [0.05, 0.1) is 0 Å². The van der Waals surface area contributed by atoms with Gasteiger partial charge >= 0.3 is 0 Å². The fourth-order valence-corrected chi connectivity index (χ4v) is 3.69. The van der Waals surface area contributed by atoms with Crippen molar-refractivity contribution in [3.05, 3.63) is 107 Å². The van der Waals surface area contributed by atoms with Crippen LogP contribution in [0.2, 0.25) is 0 Å². The van der Waals surface area contributed by atoms with Gasteiger partial charge in [0.2, 0.25) is 11.6 Å². The Morgan fingerprint density at radius 3 is 1.81 bits per heavy atom. The average Bonchev–Trinajstić information content (AvgIpc) is 2.70. The Morgan fingerprint density at radius 1 is 0.615 bits per heavy atom. The van der Waals surface area contributed by atoms with E-state index in [1.54, 1.807) is 36.4 Å². The highest BCUT2D eigenvalue weighted by molar-refractivity contribution is 8.04. The van der Waals surface area contributed by atoms with E-state index in [-0.39, 0.29) is 17.3 Å².